The minimum atomic E-state index is -0.786. The average molecular weight is 371 g/mol. The van der Waals surface area contributed by atoms with Gasteiger partial charge >= 0.3 is 5.97 Å². The van der Waals surface area contributed by atoms with Crippen LogP contribution in [-0.4, -0.2) is 49.9 Å². The second-order valence-electron chi connectivity index (χ2n) is 6.52. The van der Waals surface area contributed by atoms with Crippen LogP contribution in [0.4, 0.5) is 0 Å². The lowest BCUT2D eigenvalue weighted by atomic mass is 9.95. The van der Waals surface area contributed by atoms with Crippen molar-refractivity contribution < 1.29 is 24.1 Å². The van der Waals surface area contributed by atoms with E-state index in [-0.39, 0.29) is 6.04 Å². The van der Waals surface area contributed by atoms with Crippen molar-refractivity contribution in [1.82, 2.24) is 4.90 Å². The van der Waals surface area contributed by atoms with Gasteiger partial charge in [0.2, 0.25) is 0 Å². The highest BCUT2D eigenvalue weighted by Crippen LogP contribution is 2.39. The van der Waals surface area contributed by atoms with Gasteiger partial charge in [-0.3, -0.25) is 9.69 Å². The maximum Gasteiger partial charge on any atom is 0.320 e. The summed E-state index contributed by atoms with van der Waals surface area (Å²) in [5, 5.41) is 9.69. The minimum Gasteiger partial charge on any atom is -0.497 e. The zero-order valence-corrected chi connectivity index (χ0v) is 15.8. The van der Waals surface area contributed by atoms with Crippen molar-refractivity contribution in [2.45, 2.75) is 24.9 Å². The molecule has 27 heavy (non-hydrogen) atoms. The summed E-state index contributed by atoms with van der Waals surface area (Å²) >= 11 is 0. The molecule has 1 N–H and O–H groups in total. The lowest BCUT2D eigenvalue weighted by molar-refractivity contribution is -0.142. The van der Waals surface area contributed by atoms with Crippen LogP contribution < -0.4 is 14.2 Å². The molecule has 0 radical (unpaired) electrons. The van der Waals surface area contributed by atoms with Crippen LogP contribution >= 0.6 is 0 Å². The van der Waals surface area contributed by atoms with Gasteiger partial charge < -0.3 is 19.3 Å². The molecule has 1 fully saturated rings. The number of carboxylic acid groups (broad SMARTS) is 1. The molecule has 1 aliphatic rings. The lowest BCUT2D eigenvalue weighted by Gasteiger charge is -2.32. The summed E-state index contributed by atoms with van der Waals surface area (Å²) in [5.74, 6) is 1.25. The molecule has 6 nitrogen and oxygen atoms in total. The molecule has 1 aliphatic heterocycles. The molecule has 0 spiro atoms. The summed E-state index contributed by atoms with van der Waals surface area (Å²) in [6, 6.07) is 12.8. The monoisotopic (exact) mass is 371 g/mol. The number of carboxylic acids is 1. The Morgan fingerprint density at radius 1 is 1.00 bits per heavy atom. The Labute approximate surface area is 159 Å². The molecule has 1 heterocycles. The molecule has 144 valence electrons. The number of aliphatic carboxylic acids is 1. The predicted molar refractivity (Wildman–Crippen MR) is 102 cm³/mol. The summed E-state index contributed by atoms with van der Waals surface area (Å²) < 4.78 is 16.1. The van der Waals surface area contributed by atoms with Gasteiger partial charge in [0.05, 0.1) is 27.4 Å². The van der Waals surface area contributed by atoms with Crippen LogP contribution in [0.1, 0.15) is 30.0 Å². The number of nitrogens with zero attached hydrogens (tertiary/aromatic N) is 1. The van der Waals surface area contributed by atoms with E-state index in [1.54, 1.807) is 21.3 Å². The van der Waals surface area contributed by atoms with Gasteiger partial charge in [-0.2, -0.15) is 0 Å². The van der Waals surface area contributed by atoms with E-state index in [4.69, 9.17) is 14.2 Å². The SMILES string of the molecule is COc1ccc(C(c2ccc(OC)c(OC)c2)N2CCCC2C(=O)O)cc1. The molecule has 2 aromatic rings. The molecule has 2 unspecified atom stereocenters. The van der Waals surface area contributed by atoms with Crippen molar-refractivity contribution in [2.24, 2.45) is 0 Å². The molecular weight excluding hydrogens is 346 g/mol. The fraction of sp³-hybridized carbons (Fsp3) is 0.381. The zero-order chi connectivity index (χ0) is 19.4. The Bertz CT molecular complexity index is 790. The zero-order valence-electron chi connectivity index (χ0n) is 15.8. The summed E-state index contributed by atoms with van der Waals surface area (Å²) in [7, 11) is 4.82. The average Bonchev–Trinajstić information content (AvgIpc) is 3.18. The van der Waals surface area contributed by atoms with Gasteiger partial charge in [-0.05, 0) is 48.2 Å². The number of carbonyl (C=O) groups is 1. The largest absolute Gasteiger partial charge is 0.497 e. The van der Waals surface area contributed by atoms with Crippen LogP contribution in [0.3, 0.4) is 0 Å². The Hall–Kier alpha value is -2.73. The van der Waals surface area contributed by atoms with Gasteiger partial charge in [0, 0.05) is 6.54 Å². The van der Waals surface area contributed by atoms with E-state index in [9.17, 15) is 9.90 Å². The second-order valence-corrected chi connectivity index (χ2v) is 6.52. The quantitative estimate of drug-likeness (QED) is 0.805. The van der Waals surface area contributed by atoms with Gasteiger partial charge in [0.25, 0.3) is 0 Å². The number of hydrogen-bond acceptors (Lipinski definition) is 5. The minimum absolute atomic E-state index is 0.195. The van der Waals surface area contributed by atoms with Crippen molar-refractivity contribution in [1.29, 1.82) is 0 Å². The molecule has 2 aromatic carbocycles. The van der Waals surface area contributed by atoms with E-state index in [0.29, 0.717) is 17.9 Å². The Kier molecular flexibility index (Phi) is 5.86. The van der Waals surface area contributed by atoms with Crippen LogP contribution in [0.15, 0.2) is 42.5 Å². The highest BCUT2D eigenvalue weighted by atomic mass is 16.5. The number of ether oxygens (including phenoxy) is 3. The Morgan fingerprint density at radius 2 is 1.67 bits per heavy atom. The van der Waals surface area contributed by atoms with Gasteiger partial charge in [-0.25, -0.2) is 0 Å². The number of hydrogen-bond donors (Lipinski definition) is 1. The molecule has 1 saturated heterocycles. The van der Waals surface area contributed by atoms with E-state index in [1.165, 1.54) is 0 Å². The summed E-state index contributed by atoms with van der Waals surface area (Å²) in [4.78, 5) is 13.8. The van der Waals surface area contributed by atoms with Gasteiger partial charge in [0.15, 0.2) is 11.5 Å². The van der Waals surface area contributed by atoms with Gasteiger partial charge in [-0.15, -0.1) is 0 Å². The predicted octanol–water partition coefficient (Wildman–Crippen LogP) is 3.35. The number of rotatable bonds is 7. The topological polar surface area (TPSA) is 68.2 Å². The molecule has 0 aromatic heterocycles. The third-order valence-corrected chi connectivity index (χ3v) is 5.07. The molecule has 3 rings (SSSR count). The van der Waals surface area contributed by atoms with E-state index in [2.05, 4.69) is 0 Å². The molecule has 0 bridgehead atoms. The normalized spacial score (nSPS) is 18.1. The van der Waals surface area contributed by atoms with Gasteiger partial charge in [0.1, 0.15) is 11.8 Å². The van der Waals surface area contributed by atoms with Crippen LogP contribution in [0.5, 0.6) is 17.2 Å². The summed E-state index contributed by atoms with van der Waals surface area (Å²) in [6.07, 6.45) is 1.51. The first-order chi connectivity index (χ1) is 13.1. The first kappa shape index (κ1) is 19.0. The third kappa shape index (κ3) is 3.85. The highest BCUT2D eigenvalue weighted by molar-refractivity contribution is 5.74. The van der Waals surface area contributed by atoms with Crippen LogP contribution in [-0.2, 0) is 4.79 Å². The lowest BCUT2D eigenvalue weighted by Crippen LogP contribution is -2.39. The number of methoxy groups -OCH3 is 3. The maximum absolute atomic E-state index is 11.8. The van der Waals surface area contributed by atoms with E-state index in [1.807, 2.05) is 47.4 Å². The fourth-order valence-electron chi connectivity index (χ4n) is 3.75. The van der Waals surface area contributed by atoms with Crippen LogP contribution in [0.2, 0.25) is 0 Å². The Balaban J connectivity index is 2.08. The summed E-state index contributed by atoms with van der Waals surface area (Å²) in [5.41, 5.74) is 1.97. The molecule has 2 atom stereocenters. The third-order valence-electron chi connectivity index (χ3n) is 5.07. The highest BCUT2D eigenvalue weighted by Gasteiger charge is 2.37. The molecular formula is C21H25NO5. The van der Waals surface area contributed by atoms with Crippen molar-refractivity contribution >= 4 is 5.97 Å². The first-order valence-electron chi connectivity index (χ1n) is 8.93. The Morgan fingerprint density at radius 3 is 2.26 bits per heavy atom. The molecule has 0 saturated carbocycles. The van der Waals surface area contributed by atoms with E-state index in [0.717, 1.165) is 29.8 Å². The standard InChI is InChI=1S/C21H25NO5/c1-25-16-9-6-14(7-10-16)20(22-12-4-5-17(22)21(23)24)15-8-11-18(26-2)19(13-15)27-3/h6-11,13,17,20H,4-5,12H2,1-3H3,(H,23,24). The fourth-order valence-corrected chi connectivity index (χ4v) is 3.75. The molecule has 0 amide bonds. The van der Waals surface area contributed by atoms with E-state index >= 15 is 0 Å². The van der Waals surface area contributed by atoms with Crippen molar-refractivity contribution in [2.75, 3.05) is 27.9 Å². The van der Waals surface area contributed by atoms with Crippen LogP contribution in [0, 0.1) is 0 Å². The van der Waals surface area contributed by atoms with E-state index < -0.39 is 12.0 Å². The van der Waals surface area contributed by atoms with Crippen molar-refractivity contribution in [3.05, 3.63) is 53.6 Å². The van der Waals surface area contributed by atoms with Crippen LogP contribution in [0.25, 0.3) is 0 Å². The molecule has 6 heteroatoms. The maximum atomic E-state index is 11.8. The van der Waals surface area contributed by atoms with Crippen molar-refractivity contribution in [3.63, 3.8) is 0 Å². The number of benzene rings is 2. The first-order valence-corrected chi connectivity index (χ1v) is 8.93. The van der Waals surface area contributed by atoms with Gasteiger partial charge in [-0.1, -0.05) is 18.2 Å². The molecule has 0 aliphatic carbocycles. The smallest absolute Gasteiger partial charge is 0.320 e. The summed E-state index contributed by atoms with van der Waals surface area (Å²) in [6.45, 7) is 0.724. The van der Waals surface area contributed by atoms with Crippen molar-refractivity contribution in [3.8, 4) is 17.2 Å². The second kappa shape index (κ2) is 8.31. The number of likely N-dealkylation sites (tertiary alicyclic amines) is 1.